The molecule has 1 N–H and O–H groups in total. The largest absolute Gasteiger partial charge is 0.387 e. The second kappa shape index (κ2) is 5.44. The SMILES string of the molecule is COCC1(O)CCN(c2nc(Cl)nc3sccc23)CC1. The summed E-state index contributed by atoms with van der Waals surface area (Å²) in [4.78, 5) is 11.7. The van der Waals surface area contributed by atoms with Crippen LogP contribution in [0, 0.1) is 0 Å². The van der Waals surface area contributed by atoms with Crippen LogP contribution in [0.1, 0.15) is 12.8 Å². The van der Waals surface area contributed by atoms with Gasteiger partial charge in [0.1, 0.15) is 10.6 Å². The summed E-state index contributed by atoms with van der Waals surface area (Å²) in [6.45, 7) is 1.84. The molecular weight excluding hydrogens is 298 g/mol. The molecule has 0 radical (unpaired) electrons. The Morgan fingerprint density at radius 1 is 1.45 bits per heavy atom. The number of aliphatic hydroxyl groups is 1. The first-order valence-corrected chi connectivity index (χ1v) is 7.74. The highest BCUT2D eigenvalue weighted by atomic mass is 35.5. The van der Waals surface area contributed by atoms with Crippen LogP contribution in [0.2, 0.25) is 5.28 Å². The predicted octanol–water partition coefficient (Wildman–Crippen LogP) is 2.32. The van der Waals surface area contributed by atoms with E-state index in [9.17, 15) is 5.11 Å². The van der Waals surface area contributed by atoms with E-state index in [0.29, 0.717) is 19.4 Å². The highest BCUT2D eigenvalue weighted by molar-refractivity contribution is 7.16. The Balaban J connectivity index is 1.85. The fourth-order valence-corrected chi connectivity index (χ4v) is 3.58. The van der Waals surface area contributed by atoms with E-state index in [1.54, 1.807) is 18.4 Å². The van der Waals surface area contributed by atoms with Crippen molar-refractivity contribution in [2.45, 2.75) is 18.4 Å². The number of ether oxygens (including phenoxy) is 1. The maximum atomic E-state index is 10.4. The van der Waals surface area contributed by atoms with Gasteiger partial charge in [0.05, 0.1) is 17.6 Å². The van der Waals surface area contributed by atoms with Crippen molar-refractivity contribution >= 4 is 39.0 Å². The molecule has 2 aromatic heterocycles. The fraction of sp³-hybridized carbons (Fsp3) is 0.538. The van der Waals surface area contributed by atoms with Crippen LogP contribution in [-0.4, -0.2) is 47.5 Å². The Bertz CT molecular complexity index is 611. The van der Waals surface area contributed by atoms with Gasteiger partial charge in [0, 0.05) is 20.2 Å². The first-order chi connectivity index (χ1) is 9.61. The summed E-state index contributed by atoms with van der Waals surface area (Å²) in [6, 6.07) is 2.02. The molecule has 0 amide bonds. The Kier molecular flexibility index (Phi) is 3.81. The third-order valence-electron chi connectivity index (χ3n) is 3.68. The summed E-state index contributed by atoms with van der Waals surface area (Å²) >= 11 is 7.55. The number of thiophene rings is 1. The predicted molar refractivity (Wildman–Crippen MR) is 80.7 cm³/mol. The van der Waals surface area contributed by atoms with Gasteiger partial charge in [-0.25, -0.2) is 4.98 Å². The van der Waals surface area contributed by atoms with Crippen LogP contribution in [0.25, 0.3) is 10.2 Å². The van der Waals surface area contributed by atoms with E-state index in [-0.39, 0.29) is 5.28 Å². The lowest BCUT2D eigenvalue weighted by Gasteiger charge is -2.38. The molecule has 0 bridgehead atoms. The van der Waals surface area contributed by atoms with Crippen LogP contribution in [0.15, 0.2) is 11.4 Å². The van der Waals surface area contributed by atoms with E-state index in [1.807, 2.05) is 11.4 Å². The zero-order valence-corrected chi connectivity index (χ0v) is 12.7. The minimum atomic E-state index is -0.726. The number of anilines is 1. The monoisotopic (exact) mass is 313 g/mol. The standard InChI is InChI=1S/C13H16ClN3O2S/c1-19-8-13(18)3-5-17(6-4-13)10-9-2-7-20-11(9)16-12(14)15-10/h2,7,18H,3-6,8H2,1H3. The molecule has 1 saturated heterocycles. The lowest BCUT2D eigenvalue weighted by Crippen LogP contribution is -2.47. The van der Waals surface area contributed by atoms with Crippen LogP contribution >= 0.6 is 22.9 Å². The molecule has 0 atom stereocenters. The third kappa shape index (κ3) is 2.61. The Labute approximate surface area is 126 Å². The van der Waals surface area contributed by atoms with Crippen molar-refractivity contribution in [1.82, 2.24) is 9.97 Å². The van der Waals surface area contributed by atoms with Gasteiger partial charge in [0.25, 0.3) is 0 Å². The van der Waals surface area contributed by atoms with Gasteiger partial charge in [-0.3, -0.25) is 0 Å². The summed E-state index contributed by atoms with van der Waals surface area (Å²) in [5.74, 6) is 0.862. The fourth-order valence-electron chi connectivity index (χ4n) is 2.60. The van der Waals surface area contributed by atoms with Crippen LogP contribution < -0.4 is 4.90 Å². The van der Waals surface area contributed by atoms with Crippen molar-refractivity contribution in [3.05, 3.63) is 16.7 Å². The summed E-state index contributed by atoms with van der Waals surface area (Å²) in [5, 5.41) is 13.6. The van der Waals surface area contributed by atoms with Crippen LogP contribution in [-0.2, 0) is 4.74 Å². The second-order valence-corrected chi connectivity index (χ2v) is 6.33. The molecule has 0 unspecified atom stereocenters. The van der Waals surface area contributed by atoms with Gasteiger partial charge in [-0.15, -0.1) is 11.3 Å². The minimum Gasteiger partial charge on any atom is -0.387 e. The summed E-state index contributed by atoms with van der Waals surface area (Å²) < 4.78 is 5.09. The number of piperidine rings is 1. The van der Waals surface area contributed by atoms with E-state index in [0.717, 1.165) is 29.1 Å². The Morgan fingerprint density at radius 2 is 2.20 bits per heavy atom. The molecular formula is C13H16ClN3O2S. The number of aromatic nitrogens is 2. The van der Waals surface area contributed by atoms with Crippen LogP contribution in [0.5, 0.6) is 0 Å². The molecule has 1 fully saturated rings. The van der Waals surface area contributed by atoms with Crippen LogP contribution in [0.3, 0.4) is 0 Å². The topological polar surface area (TPSA) is 58.5 Å². The molecule has 0 saturated carbocycles. The van der Waals surface area contributed by atoms with Gasteiger partial charge in [-0.1, -0.05) is 0 Å². The summed E-state index contributed by atoms with van der Waals surface area (Å²) in [6.07, 6.45) is 1.32. The minimum absolute atomic E-state index is 0.271. The summed E-state index contributed by atoms with van der Waals surface area (Å²) in [5.41, 5.74) is -0.726. The first kappa shape index (κ1) is 14.0. The number of fused-ring (bicyclic) bond motifs is 1. The maximum Gasteiger partial charge on any atom is 0.225 e. The molecule has 3 heterocycles. The average molecular weight is 314 g/mol. The van der Waals surface area contributed by atoms with E-state index >= 15 is 0 Å². The highest BCUT2D eigenvalue weighted by Crippen LogP contribution is 2.32. The van der Waals surface area contributed by atoms with Gasteiger partial charge >= 0.3 is 0 Å². The van der Waals surface area contributed by atoms with Crippen molar-refractivity contribution in [3.8, 4) is 0 Å². The van der Waals surface area contributed by atoms with Gasteiger partial charge in [0.15, 0.2) is 0 Å². The van der Waals surface area contributed by atoms with Crippen molar-refractivity contribution in [2.75, 3.05) is 31.7 Å². The number of hydrogen-bond donors (Lipinski definition) is 1. The number of nitrogens with zero attached hydrogens (tertiary/aromatic N) is 3. The number of hydrogen-bond acceptors (Lipinski definition) is 6. The highest BCUT2D eigenvalue weighted by Gasteiger charge is 2.33. The molecule has 0 spiro atoms. The zero-order chi connectivity index (χ0) is 14.2. The van der Waals surface area contributed by atoms with E-state index < -0.39 is 5.60 Å². The Morgan fingerprint density at radius 3 is 2.90 bits per heavy atom. The van der Waals surface area contributed by atoms with Crippen molar-refractivity contribution < 1.29 is 9.84 Å². The quantitative estimate of drug-likeness (QED) is 0.881. The Hall–Kier alpha value is -0.950. The lowest BCUT2D eigenvalue weighted by atomic mass is 9.92. The first-order valence-electron chi connectivity index (χ1n) is 6.48. The molecule has 108 valence electrons. The van der Waals surface area contributed by atoms with Gasteiger partial charge < -0.3 is 14.7 Å². The van der Waals surface area contributed by atoms with E-state index in [1.165, 1.54) is 0 Å². The summed E-state index contributed by atoms with van der Waals surface area (Å²) in [7, 11) is 1.61. The average Bonchev–Trinajstić information content (AvgIpc) is 2.87. The zero-order valence-electron chi connectivity index (χ0n) is 11.2. The van der Waals surface area contributed by atoms with E-state index in [2.05, 4.69) is 14.9 Å². The molecule has 1 aliphatic rings. The van der Waals surface area contributed by atoms with Crippen molar-refractivity contribution in [1.29, 1.82) is 0 Å². The van der Waals surface area contributed by atoms with Gasteiger partial charge in [0.2, 0.25) is 5.28 Å². The number of methoxy groups -OCH3 is 1. The number of rotatable bonds is 3. The van der Waals surface area contributed by atoms with Gasteiger partial charge in [-0.2, -0.15) is 4.98 Å². The number of halogens is 1. The normalized spacial score (nSPS) is 18.6. The smallest absolute Gasteiger partial charge is 0.225 e. The molecule has 7 heteroatoms. The molecule has 1 aliphatic heterocycles. The molecule has 0 aromatic carbocycles. The van der Waals surface area contributed by atoms with Gasteiger partial charge in [-0.05, 0) is 35.9 Å². The third-order valence-corrected chi connectivity index (χ3v) is 4.66. The molecule has 0 aliphatic carbocycles. The maximum absolute atomic E-state index is 10.4. The molecule has 2 aromatic rings. The molecule has 3 rings (SSSR count). The van der Waals surface area contributed by atoms with Crippen molar-refractivity contribution in [2.24, 2.45) is 0 Å². The van der Waals surface area contributed by atoms with Crippen molar-refractivity contribution in [3.63, 3.8) is 0 Å². The molecule has 20 heavy (non-hydrogen) atoms. The second-order valence-electron chi connectivity index (χ2n) is 5.10. The van der Waals surface area contributed by atoms with E-state index in [4.69, 9.17) is 16.3 Å². The molecule has 5 nitrogen and oxygen atoms in total. The lowest BCUT2D eigenvalue weighted by molar-refractivity contribution is -0.0472. The van der Waals surface area contributed by atoms with Crippen LogP contribution in [0.4, 0.5) is 5.82 Å².